The molecule has 0 spiro atoms. The molecule has 2 aliphatic rings. The van der Waals surface area contributed by atoms with Crippen molar-refractivity contribution in [3.8, 4) is 0 Å². The number of amides is 3. The SMILES string of the molecule is C[C@@H]1c2ccsc2CCN1C(=O)NC1CCN(C(=O)OC(C)(C)C)CC1. The predicted molar refractivity (Wildman–Crippen MR) is 103 cm³/mol. The van der Waals surface area contributed by atoms with E-state index in [4.69, 9.17) is 4.74 Å². The molecule has 0 aliphatic carbocycles. The second-order valence-corrected chi connectivity index (χ2v) is 9.11. The number of carbonyl (C=O) groups excluding carboxylic acids is 2. The average molecular weight is 380 g/mol. The molecule has 0 radical (unpaired) electrons. The van der Waals surface area contributed by atoms with Gasteiger partial charge in [-0.05, 0) is 64.0 Å². The van der Waals surface area contributed by atoms with Gasteiger partial charge in [0.15, 0.2) is 0 Å². The summed E-state index contributed by atoms with van der Waals surface area (Å²) in [6.45, 7) is 9.70. The fourth-order valence-electron chi connectivity index (χ4n) is 3.58. The van der Waals surface area contributed by atoms with Gasteiger partial charge in [0.25, 0.3) is 0 Å². The minimum absolute atomic E-state index is 0.00469. The number of urea groups is 1. The predicted octanol–water partition coefficient (Wildman–Crippen LogP) is 3.78. The van der Waals surface area contributed by atoms with Crippen molar-refractivity contribution in [3.63, 3.8) is 0 Å². The zero-order chi connectivity index (χ0) is 18.9. The van der Waals surface area contributed by atoms with E-state index >= 15 is 0 Å². The van der Waals surface area contributed by atoms with Gasteiger partial charge in [-0.2, -0.15) is 0 Å². The number of thiophene rings is 1. The fraction of sp³-hybridized carbons (Fsp3) is 0.684. The Balaban J connectivity index is 1.49. The fourth-order valence-corrected chi connectivity index (χ4v) is 4.54. The first-order valence-electron chi connectivity index (χ1n) is 9.36. The first kappa shape index (κ1) is 19.0. The van der Waals surface area contributed by atoms with Crippen LogP contribution in [-0.2, 0) is 11.2 Å². The zero-order valence-corrected chi connectivity index (χ0v) is 16.9. The quantitative estimate of drug-likeness (QED) is 0.808. The molecule has 2 aliphatic heterocycles. The van der Waals surface area contributed by atoms with Gasteiger partial charge in [0.2, 0.25) is 0 Å². The second-order valence-electron chi connectivity index (χ2n) is 8.11. The molecule has 3 amide bonds. The minimum Gasteiger partial charge on any atom is -0.444 e. The van der Waals surface area contributed by atoms with Crippen molar-refractivity contribution in [2.45, 2.75) is 64.6 Å². The van der Waals surface area contributed by atoms with Crippen LogP contribution >= 0.6 is 11.3 Å². The van der Waals surface area contributed by atoms with E-state index in [1.54, 1.807) is 16.2 Å². The molecule has 7 heteroatoms. The third kappa shape index (κ3) is 4.31. The molecule has 1 saturated heterocycles. The van der Waals surface area contributed by atoms with Crippen LogP contribution in [-0.4, -0.2) is 53.2 Å². The third-order valence-electron chi connectivity index (χ3n) is 5.01. The molecule has 0 aromatic carbocycles. The van der Waals surface area contributed by atoms with Crippen LogP contribution in [0.3, 0.4) is 0 Å². The van der Waals surface area contributed by atoms with Crippen LogP contribution in [0, 0.1) is 0 Å². The number of nitrogens with zero attached hydrogens (tertiary/aromatic N) is 2. The van der Waals surface area contributed by atoms with Crippen molar-refractivity contribution in [3.05, 3.63) is 21.9 Å². The lowest BCUT2D eigenvalue weighted by Gasteiger charge is -2.37. The number of rotatable bonds is 1. The van der Waals surface area contributed by atoms with E-state index in [9.17, 15) is 9.59 Å². The van der Waals surface area contributed by atoms with E-state index in [-0.39, 0.29) is 24.2 Å². The van der Waals surface area contributed by atoms with Gasteiger partial charge in [0, 0.05) is 30.6 Å². The Morgan fingerprint density at radius 3 is 2.58 bits per heavy atom. The van der Waals surface area contributed by atoms with E-state index in [1.807, 2.05) is 25.7 Å². The van der Waals surface area contributed by atoms with Crippen molar-refractivity contribution in [2.75, 3.05) is 19.6 Å². The summed E-state index contributed by atoms with van der Waals surface area (Å²) in [4.78, 5) is 29.9. The smallest absolute Gasteiger partial charge is 0.410 e. The molecule has 1 fully saturated rings. The number of nitrogens with one attached hydrogen (secondary N) is 1. The molecule has 1 aromatic rings. The van der Waals surface area contributed by atoms with Crippen LogP contribution in [0.15, 0.2) is 11.4 Å². The molecule has 0 bridgehead atoms. The van der Waals surface area contributed by atoms with Crippen LogP contribution in [0.25, 0.3) is 0 Å². The van der Waals surface area contributed by atoms with Crippen LogP contribution in [0.4, 0.5) is 9.59 Å². The highest BCUT2D eigenvalue weighted by Crippen LogP contribution is 2.32. The second kappa shape index (κ2) is 7.47. The van der Waals surface area contributed by atoms with Gasteiger partial charge in [0.1, 0.15) is 5.60 Å². The van der Waals surface area contributed by atoms with Gasteiger partial charge >= 0.3 is 12.1 Å². The van der Waals surface area contributed by atoms with Gasteiger partial charge in [-0.3, -0.25) is 0 Å². The first-order valence-corrected chi connectivity index (χ1v) is 10.2. The molecular formula is C19H29N3O3S. The van der Waals surface area contributed by atoms with Gasteiger partial charge in [0.05, 0.1) is 6.04 Å². The Morgan fingerprint density at radius 2 is 1.92 bits per heavy atom. The maximum absolute atomic E-state index is 12.7. The standard InChI is InChI=1S/C19H29N3O3S/c1-13-15-8-12-26-16(15)7-11-22(13)17(23)20-14-5-9-21(10-6-14)18(24)25-19(2,3)4/h8,12-14H,5-7,9-11H2,1-4H3,(H,20,23)/t13-/m1/s1. The monoisotopic (exact) mass is 379 g/mol. The summed E-state index contributed by atoms with van der Waals surface area (Å²) in [6.07, 6.45) is 2.19. The molecule has 0 saturated carbocycles. The molecule has 26 heavy (non-hydrogen) atoms. The molecule has 1 atom stereocenters. The van der Waals surface area contributed by atoms with Crippen LogP contribution in [0.5, 0.6) is 0 Å². The number of likely N-dealkylation sites (tertiary alicyclic amines) is 1. The highest BCUT2D eigenvalue weighted by Gasteiger charge is 2.31. The first-order chi connectivity index (χ1) is 12.2. The zero-order valence-electron chi connectivity index (χ0n) is 16.1. The number of hydrogen-bond donors (Lipinski definition) is 1. The Kier molecular flexibility index (Phi) is 5.46. The number of hydrogen-bond acceptors (Lipinski definition) is 4. The summed E-state index contributed by atoms with van der Waals surface area (Å²) < 4.78 is 5.42. The molecule has 3 heterocycles. The van der Waals surface area contributed by atoms with E-state index in [0.717, 1.165) is 25.8 Å². The summed E-state index contributed by atoms with van der Waals surface area (Å²) in [5.41, 5.74) is 0.795. The third-order valence-corrected chi connectivity index (χ3v) is 6.01. The average Bonchev–Trinajstić information content (AvgIpc) is 3.03. The van der Waals surface area contributed by atoms with Crippen molar-refractivity contribution in [2.24, 2.45) is 0 Å². The van der Waals surface area contributed by atoms with Crippen molar-refractivity contribution in [1.29, 1.82) is 0 Å². The summed E-state index contributed by atoms with van der Waals surface area (Å²) in [7, 11) is 0. The Morgan fingerprint density at radius 1 is 1.23 bits per heavy atom. The summed E-state index contributed by atoms with van der Waals surface area (Å²) in [6, 6.07) is 2.36. The topological polar surface area (TPSA) is 61.9 Å². The lowest BCUT2D eigenvalue weighted by molar-refractivity contribution is 0.0200. The molecule has 0 unspecified atom stereocenters. The van der Waals surface area contributed by atoms with Gasteiger partial charge in [-0.25, -0.2) is 9.59 Å². The lowest BCUT2D eigenvalue weighted by atomic mass is 10.0. The van der Waals surface area contributed by atoms with Crippen molar-refractivity contribution >= 4 is 23.5 Å². The largest absolute Gasteiger partial charge is 0.444 e. The van der Waals surface area contributed by atoms with E-state index in [2.05, 4.69) is 23.7 Å². The van der Waals surface area contributed by atoms with Crippen LogP contribution in [0.2, 0.25) is 0 Å². The molecule has 1 N–H and O–H groups in total. The molecular weight excluding hydrogens is 350 g/mol. The molecule has 6 nitrogen and oxygen atoms in total. The molecule has 1 aromatic heterocycles. The summed E-state index contributed by atoms with van der Waals surface area (Å²) in [5.74, 6) is 0. The summed E-state index contributed by atoms with van der Waals surface area (Å²) in [5, 5.41) is 5.27. The van der Waals surface area contributed by atoms with E-state index in [1.165, 1.54) is 10.4 Å². The molecule has 3 rings (SSSR count). The highest BCUT2D eigenvalue weighted by atomic mass is 32.1. The van der Waals surface area contributed by atoms with Gasteiger partial charge in [-0.15, -0.1) is 11.3 Å². The van der Waals surface area contributed by atoms with E-state index < -0.39 is 5.60 Å². The number of carbonyl (C=O) groups is 2. The Hall–Kier alpha value is -1.76. The van der Waals surface area contributed by atoms with Crippen molar-refractivity contribution in [1.82, 2.24) is 15.1 Å². The Labute approximate surface area is 159 Å². The number of fused-ring (bicyclic) bond motifs is 1. The number of piperidine rings is 1. The maximum Gasteiger partial charge on any atom is 0.410 e. The highest BCUT2D eigenvalue weighted by molar-refractivity contribution is 7.10. The Bertz CT molecular complexity index is 659. The minimum atomic E-state index is -0.479. The number of ether oxygens (including phenoxy) is 1. The van der Waals surface area contributed by atoms with Crippen molar-refractivity contribution < 1.29 is 14.3 Å². The maximum atomic E-state index is 12.7. The van der Waals surface area contributed by atoms with Gasteiger partial charge in [-0.1, -0.05) is 0 Å². The lowest BCUT2D eigenvalue weighted by Crippen LogP contribution is -2.52. The van der Waals surface area contributed by atoms with Crippen LogP contribution < -0.4 is 5.32 Å². The summed E-state index contributed by atoms with van der Waals surface area (Å²) >= 11 is 1.78. The normalized spacial score (nSPS) is 21.3. The van der Waals surface area contributed by atoms with E-state index in [0.29, 0.717) is 13.1 Å². The molecule has 144 valence electrons. The van der Waals surface area contributed by atoms with Gasteiger partial charge < -0.3 is 19.9 Å². The van der Waals surface area contributed by atoms with Crippen LogP contribution in [0.1, 0.15) is 57.0 Å².